The second kappa shape index (κ2) is 7.33. The van der Waals surface area contributed by atoms with Gasteiger partial charge in [-0.3, -0.25) is 4.57 Å². The topological polar surface area (TPSA) is 94.4 Å². The summed E-state index contributed by atoms with van der Waals surface area (Å²) in [6.07, 6.45) is 4.20. The van der Waals surface area contributed by atoms with Crippen molar-refractivity contribution in [2.75, 3.05) is 13.6 Å². The molecule has 3 N–H and O–H groups in total. The lowest BCUT2D eigenvalue weighted by Gasteiger charge is -2.40. The Morgan fingerprint density at radius 3 is 2.63 bits per heavy atom. The number of H-pyrrole nitrogens is 1. The van der Waals surface area contributed by atoms with Crippen molar-refractivity contribution in [3.8, 4) is 0 Å². The molecule has 0 bridgehead atoms. The van der Waals surface area contributed by atoms with E-state index in [-0.39, 0.29) is 23.6 Å². The van der Waals surface area contributed by atoms with Crippen molar-refractivity contribution in [3.63, 3.8) is 0 Å². The lowest BCUT2D eigenvalue weighted by atomic mass is 9.72. The van der Waals surface area contributed by atoms with Crippen LogP contribution >= 0.6 is 0 Å². The first-order valence-electron chi connectivity index (χ1n) is 10.6. The Balaban J connectivity index is 1.59. The SMILES string of the molecule is CC(C)C1CC(c2n[nH]c(=O)n2C2CCC3C(CCN3C)C2)C(O)CC1O. The van der Waals surface area contributed by atoms with Crippen molar-refractivity contribution >= 4 is 0 Å². The zero-order valence-electron chi connectivity index (χ0n) is 16.7. The zero-order chi connectivity index (χ0) is 19.3. The van der Waals surface area contributed by atoms with Gasteiger partial charge in [-0.25, -0.2) is 9.89 Å². The fraction of sp³-hybridized carbons (Fsp3) is 0.900. The number of hydrogen-bond donors (Lipinski definition) is 3. The molecule has 0 aromatic carbocycles. The van der Waals surface area contributed by atoms with Crippen LogP contribution in [-0.4, -0.2) is 61.7 Å². The van der Waals surface area contributed by atoms with Crippen molar-refractivity contribution in [1.82, 2.24) is 19.7 Å². The number of aromatic amines is 1. The first-order chi connectivity index (χ1) is 12.9. The molecule has 27 heavy (non-hydrogen) atoms. The highest BCUT2D eigenvalue weighted by Gasteiger charge is 2.42. The standard InChI is InChI=1S/C20H34N4O3/c1-11(2)14-9-15(18(26)10-17(14)25)19-21-22-20(27)24(19)13-4-5-16-12(8-13)6-7-23(16)3/h11-18,25-26H,4-10H2,1-3H3,(H,22,27). The van der Waals surface area contributed by atoms with Crippen LogP contribution in [0, 0.1) is 17.8 Å². The van der Waals surface area contributed by atoms with E-state index < -0.39 is 12.2 Å². The van der Waals surface area contributed by atoms with E-state index in [1.807, 2.05) is 4.57 Å². The number of aliphatic hydroxyl groups is 2. The van der Waals surface area contributed by atoms with Gasteiger partial charge in [-0.1, -0.05) is 13.8 Å². The molecule has 1 aromatic heterocycles. The van der Waals surface area contributed by atoms with Crippen molar-refractivity contribution in [2.24, 2.45) is 17.8 Å². The summed E-state index contributed by atoms with van der Waals surface area (Å²) < 4.78 is 1.84. The van der Waals surface area contributed by atoms with Gasteiger partial charge in [-0.15, -0.1) is 0 Å². The van der Waals surface area contributed by atoms with Gasteiger partial charge in [-0.2, -0.15) is 5.10 Å². The number of nitrogens with one attached hydrogen (secondary N) is 1. The second-order valence-corrected chi connectivity index (χ2v) is 9.44. The highest BCUT2D eigenvalue weighted by atomic mass is 16.3. The number of aliphatic hydroxyl groups excluding tert-OH is 2. The monoisotopic (exact) mass is 378 g/mol. The molecule has 4 rings (SSSR count). The van der Waals surface area contributed by atoms with E-state index in [1.165, 1.54) is 6.42 Å². The third-order valence-corrected chi connectivity index (χ3v) is 7.59. The van der Waals surface area contributed by atoms with Gasteiger partial charge in [0.25, 0.3) is 0 Å². The largest absolute Gasteiger partial charge is 0.393 e. The lowest BCUT2D eigenvalue weighted by molar-refractivity contribution is -0.0301. The molecule has 7 nitrogen and oxygen atoms in total. The van der Waals surface area contributed by atoms with Crippen molar-refractivity contribution in [2.45, 2.75) is 82.6 Å². The molecule has 0 radical (unpaired) electrons. The van der Waals surface area contributed by atoms with Crippen LogP contribution in [0.4, 0.5) is 0 Å². The summed E-state index contributed by atoms with van der Waals surface area (Å²) in [6, 6.07) is 0.809. The van der Waals surface area contributed by atoms with Crippen LogP contribution in [0.2, 0.25) is 0 Å². The Bertz CT molecular complexity index is 714. The molecule has 0 amide bonds. The zero-order valence-corrected chi connectivity index (χ0v) is 16.7. The maximum atomic E-state index is 12.6. The maximum absolute atomic E-state index is 12.6. The van der Waals surface area contributed by atoms with Crippen LogP contribution in [-0.2, 0) is 0 Å². The Morgan fingerprint density at radius 2 is 1.89 bits per heavy atom. The minimum Gasteiger partial charge on any atom is -0.393 e. The predicted octanol–water partition coefficient (Wildman–Crippen LogP) is 1.49. The summed E-state index contributed by atoms with van der Waals surface area (Å²) in [5.41, 5.74) is -0.153. The molecular weight excluding hydrogens is 344 g/mol. The summed E-state index contributed by atoms with van der Waals surface area (Å²) in [5.74, 6) is 1.60. The number of fused-ring (bicyclic) bond motifs is 1. The van der Waals surface area contributed by atoms with Gasteiger partial charge < -0.3 is 15.1 Å². The van der Waals surface area contributed by atoms with E-state index >= 15 is 0 Å². The smallest absolute Gasteiger partial charge is 0.343 e. The molecule has 152 valence electrons. The van der Waals surface area contributed by atoms with Crippen molar-refractivity contribution < 1.29 is 10.2 Å². The highest BCUT2D eigenvalue weighted by molar-refractivity contribution is 5.07. The van der Waals surface area contributed by atoms with Crippen LogP contribution in [0.1, 0.15) is 70.2 Å². The molecule has 1 saturated heterocycles. The average Bonchev–Trinajstić information content (AvgIpc) is 3.17. The molecule has 7 atom stereocenters. The van der Waals surface area contributed by atoms with E-state index in [9.17, 15) is 15.0 Å². The van der Waals surface area contributed by atoms with E-state index in [0.29, 0.717) is 36.5 Å². The van der Waals surface area contributed by atoms with E-state index in [1.54, 1.807) is 0 Å². The first kappa shape index (κ1) is 19.2. The van der Waals surface area contributed by atoms with Gasteiger partial charge in [0.2, 0.25) is 0 Å². The minimum atomic E-state index is -0.655. The quantitative estimate of drug-likeness (QED) is 0.741. The van der Waals surface area contributed by atoms with Gasteiger partial charge in [0.05, 0.1) is 12.2 Å². The predicted molar refractivity (Wildman–Crippen MR) is 103 cm³/mol. The molecule has 2 saturated carbocycles. The first-order valence-corrected chi connectivity index (χ1v) is 10.6. The summed E-state index contributed by atoms with van der Waals surface area (Å²) in [5, 5.41) is 28.0. The average molecular weight is 379 g/mol. The molecule has 7 unspecified atom stereocenters. The van der Waals surface area contributed by atoms with Crippen LogP contribution in [0.15, 0.2) is 4.79 Å². The lowest BCUT2D eigenvalue weighted by Crippen LogP contribution is -2.42. The number of aromatic nitrogens is 3. The summed E-state index contributed by atoms with van der Waals surface area (Å²) in [7, 11) is 2.20. The summed E-state index contributed by atoms with van der Waals surface area (Å²) >= 11 is 0. The van der Waals surface area contributed by atoms with Gasteiger partial charge in [0, 0.05) is 24.4 Å². The minimum absolute atomic E-state index is 0.123. The normalized spacial score (nSPS) is 40.4. The number of likely N-dealkylation sites (tertiary alicyclic amines) is 1. The molecule has 7 heteroatoms. The van der Waals surface area contributed by atoms with Gasteiger partial charge >= 0.3 is 5.69 Å². The molecule has 2 aliphatic carbocycles. The molecule has 3 fully saturated rings. The Hall–Kier alpha value is -1.18. The Morgan fingerprint density at radius 1 is 1.11 bits per heavy atom. The molecule has 1 aromatic rings. The van der Waals surface area contributed by atoms with Crippen molar-refractivity contribution in [1.29, 1.82) is 0 Å². The summed E-state index contributed by atoms with van der Waals surface area (Å²) in [6.45, 7) is 5.36. The van der Waals surface area contributed by atoms with Gasteiger partial charge in [-0.05, 0) is 63.5 Å². The third kappa shape index (κ3) is 3.38. The molecule has 2 heterocycles. The third-order valence-electron chi connectivity index (χ3n) is 7.59. The molecule has 0 spiro atoms. The van der Waals surface area contributed by atoms with Gasteiger partial charge in [0.1, 0.15) is 5.82 Å². The van der Waals surface area contributed by atoms with Crippen LogP contribution in [0.5, 0.6) is 0 Å². The van der Waals surface area contributed by atoms with Gasteiger partial charge in [0.15, 0.2) is 0 Å². The molecule has 3 aliphatic rings. The van der Waals surface area contributed by atoms with Crippen LogP contribution in [0.25, 0.3) is 0 Å². The molecular formula is C20H34N4O3. The van der Waals surface area contributed by atoms with E-state index in [4.69, 9.17) is 0 Å². The van der Waals surface area contributed by atoms with Crippen molar-refractivity contribution in [3.05, 3.63) is 16.3 Å². The van der Waals surface area contributed by atoms with Crippen LogP contribution in [0.3, 0.4) is 0 Å². The highest BCUT2D eigenvalue weighted by Crippen LogP contribution is 2.43. The number of nitrogens with zero attached hydrogens (tertiary/aromatic N) is 3. The van der Waals surface area contributed by atoms with E-state index in [2.05, 4.69) is 36.0 Å². The number of hydrogen-bond acceptors (Lipinski definition) is 5. The number of rotatable bonds is 3. The fourth-order valence-corrected chi connectivity index (χ4v) is 6.00. The van der Waals surface area contributed by atoms with Crippen LogP contribution < -0.4 is 5.69 Å². The second-order valence-electron chi connectivity index (χ2n) is 9.44. The van der Waals surface area contributed by atoms with E-state index in [0.717, 1.165) is 25.8 Å². The maximum Gasteiger partial charge on any atom is 0.343 e. The summed E-state index contributed by atoms with van der Waals surface area (Å²) in [4.78, 5) is 15.1. The Kier molecular flexibility index (Phi) is 5.20. The Labute approximate surface area is 160 Å². The molecule has 1 aliphatic heterocycles. The fourth-order valence-electron chi connectivity index (χ4n) is 6.00.